The molecule has 4 heteroatoms. The number of para-hydroxylation sites is 1. The Morgan fingerprint density at radius 2 is 1.80 bits per heavy atom. The summed E-state index contributed by atoms with van der Waals surface area (Å²) in [5.41, 5.74) is 0.956. The Bertz CT molecular complexity index is 545. The Balaban J connectivity index is 2.12. The lowest BCUT2D eigenvalue weighted by Gasteiger charge is -2.20. The second-order valence-corrected chi connectivity index (χ2v) is 5.16. The van der Waals surface area contributed by atoms with E-state index >= 15 is 0 Å². The van der Waals surface area contributed by atoms with Crippen LogP contribution in [0.25, 0.3) is 0 Å². The maximum atomic E-state index is 6.28. The summed E-state index contributed by atoms with van der Waals surface area (Å²) in [5, 5.41) is 4.51. The molecule has 2 nitrogen and oxygen atoms in total. The van der Waals surface area contributed by atoms with Crippen LogP contribution >= 0.6 is 23.2 Å². The van der Waals surface area contributed by atoms with Crippen LogP contribution in [0, 0.1) is 0 Å². The van der Waals surface area contributed by atoms with Gasteiger partial charge in [0, 0.05) is 0 Å². The maximum Gasteiger partial charge on any atom is 0.119 e. The first-order valence-corrected chi connectivity index (χ1v) is 7.33. The minimum Gasteiger partial charge on any atom is -0.492 e. The average molecular weight is 310 g/mol. The molecule has 0 fully saturated rings. The quantitative estimate of drug-likeness (QED) is 0.833. The predicted molar refractivity (Wildman–Crippen MR) is 84.8 cm³/mol. The molecular formula is C16H17Cl2NO. The van der Waals surface area contributed by atoms with Gasteiger partial charge in [0.15, 0.2) is 0 Å². The van der Waals surface area contributed by atoms with E-state index in [0.29, 0.717) is 16.7 Å². The maximum absolute atomic E-state index is 6.28. The highest BCUT2D eigenvalue weighted by molar-refractivity contribution is 6.42. The molecule has 2 aromatic rings. The number of ether oxygens (including phenoxy) is 1. The highest BCUT2D eigenvalue weighted by atomic mass is 35.5. The van der Waals surface area contributed by atoms with Gasteiger partial charge in [-0.15, -0.1) is 0 Å². The molecule has 0 amide bonds. The highest BCUT2D eigenvalue weighted by Crippen LogP contribution is 2.30. The van der Waals surface area contributed by atoms with Gasteiger partial charge in [-0.2, -0.15) is 0 Å². The smallest absolute Gasteiger partial charge is 0.119 e. The van der Waals surface area contributed by atoms with Gasteiger partial charge in [-0.05, 0) is 30.3 Å². The molecule has 0 radical (unpaired) electrons. The van der Waals surface area contributed by atoms with Crippen molar-refractivity contribution in [2.75, 3.05) is 13.2 Å². The SMILES string of the molecule is CCNC(COc1ccccc1)c1cccc(Cl)c1Cl. The molecule has 0 heterocycles. The average Bonchev–Trinajstić information content (AvgIpc) is 2.48. The minimum absolute atomic E-state index is 0.00593. The molecule has 1 atom stereocenters. The van der Waals surface area contributed by atoms with E-state index in [9.17, 15) is 0 Å². The van der Waals surface area contributed by atoms with Crippen molar-refractivity contribution >= 4 is 23.2 Å². The molecule has 0 aliphatic carbocycles. The summed E-state index contributed by atoms with van der Waals surface area (Å²) in [6.07, 6.45) is 0. The highest BCUT2D eigenvalue weighted by Gasteiger charge is 2.16. The largest absolute Gasteiger partial charge is 0.492 e. The normalized spacial score (nSPS) is 12.2. The van der Waals surface area contributed by atoms with Crippen molar-refractivity contribution < 1.29 is 4.74 Å². The lowest BCUT2D eigenvalue weighted by atomic mass is 10.1. The Labute approximate surface area is 129 Å². The Morgan fingerprint density at radius 3 is 2.50 bits per heavy atom. The van der Waals surface area contributed by atoms with E-state index in [1.54, 1.807) is 6.07 Å². The van der Waals surface area contributed by atoms with Crippen LogP contribution in [0.2, 0.25) is 10.0 Å². The van der Waals surface area contributed by atoms with Gasteiger partial charge >= 0.3 is 0 Å². The third-order valence-corrected chi connectivity index (χ3v) is 3.80. The Kier molecular flexibility index (Phi) is 5.72. The van der Waals surface area contributed by atoms with Gasteiger partial charge < -0.3 is 10.1 Å². The zero-order valence-electron chi connectivity index (χ0n) is 11.3. The van der Waals surface area contributed by atoms with Crippen LogP contribution in [-0.4, -0.2) is 13.2 Å². The summed E-state index contributed by atoms with van der Waals surface area (Å²) < 4.78 is 5.81. The third kappa shape index (κ3) is 3.89. The van der Waals surface area contributed by atoms with E-state index in [2.05, 4.69) is 5.32 Å². The molecule has 1 unspecified atom stereocenters. The number of hydrogen-bond acceptors (Lipinski definition) is 2. The van der Waals surface area contributed by atoms with Gasteiger partial charge in [-0.1, -0.05) is 60.5 Å². The summed E-state index contributed by atoms with van der Waals surface area (Å²) in [6, 6.07) is 15.4. The van der Waals surface area contributed by atoms with Crippen molar-refractivity contribution in [3.8, 4) is 5.75 Å². The Morgan fingerprint density at radius 1 is 1.05 bits per heavy atom. The van der Waals surface area contributed by atoms with Gasteiger partial charge in [-0.3, -0.25) is 0 Å². The molecule has 0 bridgehead atoms. The van der Waals surface area contributed by atoms with Crippen LogP contribution in [0.5, 0.6) is 5.75 Å². The van der Waals surface area contributed by atoms with Gasteiger partial charge in [0.25, 0.3) is 0 Å². The summed E-state index contributed by atoms with van der Waals surface area (Å²) in [5.74, 6) is 0.841. The number of nitrogens with one attached hydrogen (secondary N) is 1. The van der Waals surface area contributed by atoms with Crippen molar-refractivity contribution in [3.05, 3.63) is 64.1 Å². The second kappa shape index (κ2) is 7.53. The molecule has 2 aromatic carbocycles. The number of halogens is 2. The fourth-order valence-electron chi connectivity index (χ4n) is 1.99. The molecule has 0 aliphatic rings. The van der Waals surface area contributed by atoms with E-state index in [1.165, 1.54) is 0 Å². The minimum atomic E-state index is 0.00593. The zero-order chi connectivity index (χ0) is 14.4. The van der Waals surface area contributed by atoms with Crippen LogP contribution < -0.4 is 10.1 Å². The van der Waals surface area contributed by atoms with E-state index < -0.39 is 0 Å². The zero-order valence-corrected chi connectivity index (χ0v) is 12.8. The van der Waals surface area contributed by atoms with Crippen molar-refractivity contribution in [1.82, 2.24) is 5.32 Å². The topological polar surface area (TPSA) is 21.3 Å². The molecular weight excluding hydrogens is 293 g/mol. The molecule has 2 rings (SSSR count). The lowest BCUT2D eigenvalue weighted by molar-refractivity contribution is 0.268. The summed E-state index contributed by atoms with van der Waals surface area (Å²) >= 11 is 12.4. The van der Waals surface area contributed by atoms with Crippen molar-refractivity contribution in [3.63, 3.8) is 0 Å². The van der Waals surface area contributed by atoms with Crippen LogP contribution in [0.1, 0.15) is 18.5 Å². The standard InChI is InChI=1S/C16H17Cl2NO/c1-2-19-15(11-20-12-7-4-3-5-8-12)13-9-6-10-14(17)16(13)18/h3-10,15,19H,2,11H2,1H3. The molecule has 20 heavy (non-hydrogen) atoms. The molecule has 0 aliphatic heterocycles. The summed E-state index contributed by atoms with van der Waals surface area (Å²) in [7, 11) is 0. The molecule has 106 valence electrons. The lowest BCUT2D eigenvalue weighted by Crippen LogP contribution is -2.27. The van der Waals surface area contributed by atoms with Crippen molar-refractivity contribution in [1.29, 1.82) is 0 Å². The van der Waals surface area contributed by atoms with E-state index in [4.69, 9.17) is 27.9 Å². The third-order valence-electron chi connectivity index (χ3n) is 2.97. The fraction of sp³-hybridized carbons (Fsp3) is 0.250. The molecule has 0 saturated heterocycles. The van der Waals surface area contributed by atoms with Gasteiger partial charge in [0.05, 0.1) is 16.1 Å². The second-order valence-electron chi connectivity index (χ2n) is 4.38. The molecule has 0 saturated carbocycles. The number of rotatable bonds is 6. The fourth-order valence-corrected chi connectivity index (χ4v) is 2.43. The summed E-state index contributed by atoms with van der Waals surface area (Å²) in [6.45, 7) is 3.37. The van der Waals surface area contributed by atoms with Crippen LogP contribution in [-0.2, 0) is 0 Å². The van der Waals surface area contributed by atoms with E-state index in [0.717, 1.165) is 17.9 Å². The molecule has 0 aromatic heterocycles. The predicted octanol–water partition coefficient (Wildman–Crippen LogP) is 4.72. The molecule has 1 N–H and O–H groups in total. The molecule has 0 spiro atoms. The van der Waals surface area contributed by atoms with Gasteiger partial charge in [0.1, 0.15) is 12.4 Å². The van der Waals surface area contributed by atoms with Crippen LogP contribution in [0.4, 0.5) is 0 Å². The van der Waals surface area contributed by atoms with E-state index in [1.807, 2.05) is 49.4 Å². The van der Waals surface area contributed by atoms with Gasteiger partial charge in [0.2, 0.25) is 0 Å². The summed E-state index contributed by atoms with van der Waals surface area (Å²) in [4.78, 5) is 0. The van der Waals surface area contributed by atoms with Crippen molar-refractivity contribution in [2.24, 2.45) is 0 Å². The van der Waals surface area contributed by atoms with E-state index in [-0.39, 0.29) is 6.04 Å². The first-order chi connectivity index (χ1) is 9.72. The van der Waals surface area contributed by atoms with Crippen LogP contribution in [0.3, 0.4) is 0 Å². The van der Waals surface area contributed by atoms with Crippen LogP contribution in [0.15, 0.2) is 48.5 Å². The number of benzene rings is 2. The number of likely N-dealkylation sites (N-methyl/N-ethyl adjacent to an activating group) is 1. The Hall–Kier alpha value is -1.22. The first kappa shape index (κ1) is 15.2. The van der Waals surface area contributed by atoms with Crippen molar-refractivity contribution in [2.45, 2.75) is 13.0 Å². The monoisotopic (exact) mass is 309 g/mol. The first-order valence-electron chi connectivity index (χ1n) is 6.57. The van der Waals surface area contributed by atoms with Gasteiger partial charge in [-0.25, -0.2) is 0 Å². The number of hydrogen-bond donors (Lipinski definition) is 1.